The van der Waals surface area contributed by atoms with Crippen molar-refractivity contribution in [1.29, 1.82) is 0 Å². The van der Waals surface area contributed by atoms with E-state index < -0.39 is 0 Å². The van der Waals surface area contributed by atoms with Gasteiger partial charge in [-0.3, -0.25) is 0 Å². The second-order valence-electron chi connectivity index (χ2n) is 5.22. The lowest BCUT2D eigenvalue weighted by Gasteiger charge is -2.10. The average Bonchev–Trinajstić information content (AvgIpc) is 2.45. The van der Waals surface area contributed by atoms with Gasteiger partial charge in [0.15, 0.2) is 0 Å². The summed E-state index contributed by atoms with van der Waals surface area (Å²) in [7, 11) is 0. The van der Waals surface area contributed by atoms with Crippen LogP contribution in [0.15, 0.2) is 48.5 Å². The van der Waals surface area contributed by atoms with Gasteiger partial charge in [0, 0.05) is 11.5 Å². The Morgan fingerprint density at radius 2 is 1.71 bits per heavy atom. The molecule has 0 atom stereocenters. The third-order valence-corrected chi connectivity index (χ3v) is 3.37. The SMILES string of the molecule is Cc1cc(C)cc(Oc2cc(CO)c3ccccc3n2)c1. The molecule has 3 nitrogen and oxygen atoms in total. The third-order valence-electron chi connectivity index (χ3n) is 3.37. The molecule has 0 aliphatic rings. The minimum Gasteiger partial charge on any atom is -0.439 e. The zero-order chi connectivity index (χ0) is 14.8. The predicted octanol–water partition coefficient (Wildman–Crippen LogP) is 4.14. The van der Waals surface area contributed by atoms with Crippen LogP contribution in [0, 0.1) is 13.8 Å². The van der Waals surface area contributed by atoms with Gasteiger partial charge in [-0.25, -0.2) is 4.98 Å². The molecule has 0 saturated carbocycles. The number of ether oxygens (including phenoxy) is 1. The number of aliphatic hydroxyl groups excluding tert-OH is 1. The quantitative estimate of drug-likeness (QED) is 0.783. The molecule has 0 fully saturated rings. The maximum Gasteiger partial charge on any atom is 0.220 e. The summed E-state index contributed by atoms with van der Waals surface area (Å²) in [5, 5.41) is 10.5. The van der Waals surface area contributed by atoms with E-state index in [-0.39, 0.29) is 6.61 Å². The first-order valence-electron chi connectivity index (χ1n) is 6.91. The highest BCUT2D eigenvalue weighted by molar-refractivity contribution is 5.82. The van der Waals surface area contributed by atoms with Crippen molar-refractivity contribution < 1.29 is 9.84 Å². The molecule has 0 aliphatic carbocycles. The van der Waals surface area contributed by atoms with Gasteiger partial charge in [0.1, 0.15) is 5.75 Å². The lowest BCUT2D eigenvalue weighted by Crippen LogP contribution is -1.94. The van der Waals surface area contributed by atoms with Crippen molar-refractivity contribution in [3.8, 4) is 11.6 Å². The van der Waals surface area contributed by atoms with Gasteiger partial charge in [-0.1, -0.05) is 24.3 Å². The van der Waals surface area contributed by atoms with Crippen LogP contribution in [0.2, 0.25) is 0 Å². The summed E-state index contributed by atoms with van der Waals surface area (Å²) in [6.45, 7) is 4.03. The van der Waals surface area contributed by atoms with Gasteiger partial charge in [-0.15, -0.1) is 0 Å². The Balaban J connectivity index is 2.04. The zero-order valence-electron chi connectivity index (χ0n) is 12.1. The fourth-order valence-corrected chi connectivity index (χ4v) is 2.52. The van der Waals surface area contributed by atoms with E-state index in [4.69, 9.17) is 4.74 Å². The third kappa shape index (κ3) is 2.88. The first kappa shape index (κ1) is 13.6. The Labute approximate surface area is 123 Å². The van der Waals surface area contributed by atoms with Gasteiger partial charge >= 0.3 is 0 Å². The molecule has 3 heteroatoms. The van der Waals surface area contributed by atoms with Crippen LogP contribution in [-0.4, -0.2) is 10.1 Å². The van der Waals surface area contributed by atoms with Crippen LogP contribution < -0.4 is 4.74 Å². The summed E-state index contributed by atoms with van der Waals surface area (Å²) in [6, 6.07) is 15.6. The molecule has 0 amide bonds. The minimum atomic E-state index is -0.0355. The number of para-hydroxylation sites is 1. The number of aromatic nitrogens is 1. The molecule has 0 unspecified atom stereocenters. The monoisotopic (exact) mass is 279 g/mol. The molecule has 2 aromatic carbocycles. The summed E-state index contributed by atoms with van der Waals surface area (Å²) < 4.78 is 5.87. The number of nitrogens with zero attached hydrogens (tertiary/aromatic N) is 1. The summed E-state index contributed by atoms with van der Waals surface area (Å²) in [5.41, 5.74) is 3.93. The summed E-state index contributed by atoms with van der Waals surface area (Å²) in [4.78, 5) is 4.51. The lowest BCUT2D eigenvalue weighted by atomic mass is 10.1. The maximum absolute atomic E-state index is 9.53. The Hall–Kier alpha value is -2.39. The van der Waals surface area contributed by atoms with Crippen molar-refractivity contribution in [2.75, 3.05) is 0 Å². The normalized spacial score (nSPS) is 10.8. The highest BCUT2D eigenvalue weighted by atomic mass is 16.5. The molecule has 21 heavy (non-hydrogen) atoms. The van der Waals surface area contributed by atoms with Crippen molar-refractivity contribution in [2.45, 2.75) is 20.5 Å². The van der Waals surface area contributed by atoms with Crippen molar-refractivity contribution in [3.05, 3.63) is 65.2 Å². The summed E-state index contributed by atoms with van der Waals surface area (Å²) in [6.07, 6.45) is 0. The van der Waals surface area contributed by atoms with E-state index in [1.165, 1.54) is 0 Å². The number of aliphatic hydroxyl groups is 1. The van der Waals surface area contributed by atoms with Crippen LogP contribution in [0.3, 0.4) is 0 Å². The summed E-state index contributed by atoms with van der Waals surface area (Å²) >= 11 is 0. The first-order valence-corrected chi connectivity index (χ1v) is 6.91. The van der Waals surface area contributed by atoms with Gasteiger partial charge in [-0.05, 0) is 48.7 Å². The van der Waals surface area contributed by atoms with Crippen molar-refractivity contribution in [3.63, 3.8) is 0 Å². The Kier molecular flexibility index (Phi) is 3.59. The number of rotatable bonds is 3. The Morgan fingerprint density at radius 1 is 1.00 bits per heavy atom. The molecule has 106 valence electrons. The molecule has 3 rings (SSSR count). The number of fused-ring (bicyclic) bond motifs is 1. The highest BCUT2D eigenvalue weighted by Crippen LogP contribution is 2.27. The van der Waals surface area contributed by atoms with E-state index >= 15 is 0 Å². The molecule has 1 heterocycles. The van der Waals surface area contributed by atoms with Crippen LogP contribution in [-0.2, 0) is 6.61 Å². The Morgan fingerprint density at radius 3 is 2.43 bits per heavy atom. The summed E-state index contributed by atoms with van der Waals surface area (Å²) in [5.74, 6) is 1.27. The van der Waals surface area contributed by atoms with Crippen molar-refractivity contribution in [2.24, 2.45) is 0 Å². The average molecular weight is 279 g/mol. The van der Waals surface area contributed by atoms with E-state index in [1.54, 1.807) is 6.07 Å². The number of benzene rings is 2. The van der Waals surface area contributed by atoms with E-state index in [0.717, 1.165) is 33.3 Å². The van der Waals surface area contributed by atoms with Crippen LogP contribution in [0.4, 0.5) is 0 Å². The first-order chi connectivity index (χ1) is 10.2. The van der Waals surface area contributed by atoms with Crippen LogP contribution in [0.25, 0.3) is 10.9 Å². The van der Waals surface area contributed by atoms with E-state index in [9.17, 15) is 5.11 Å². The number of aryl methyl sites for hydroxylation is 2. The zero-order valence-corrected chi connectivity index (χ0v) is 12.1. The maximum atomic E-state index is 9.53. The largest absolute Gasteiger partial charge is 0.439 e. The molecule has 1 N–H and O–H groups in total. The van der Waals surface area contributed by atoms with E-state index in [2.05, 4.69) is 11.1 Å². The van der Waals surface area contributed by atoms with Crippen molar-refractivity contribution in [1.82, 2.24) is 4.98 Å². The topological polar surface area (TPSA) is 42.4 Å². The molecule has 1 aromatic heterocycles. The smallest absolute Gasteiger partial charge is 0.220 e. The molecule has 3 aromatic rings. The highest BCUT2D eigenvalue weighted by Gasteiger charge is 2.07. The fourth-order valence-electron chi connectivity index (χ4n) is 2.52. The Bertz CT molecular complexity index is 776. The van der Waals surface area contributed by atoms with Gasteiger partial charge in [0.2, 0.25) is 5.88 Å². The van der Waals surface area contributed by atoms with E-state index in [0.29, 0.717) is 5.88 Å². The lowest BCUT2D eigenvalue weighted by molar-refractivity contribution is 0.282. The van der Waals surface area contributed by atoms with Gasteiger partial charge in [-0.2, -0.15) is 0 Å². The molecule has 0 radical (unpaired) electrons. The number of hydrogen-bond donors (Lipinski definition) is 1. The fraction of sp³-hybridized carbons (Fsp3) is 0.167. The molecule has 0 spiro atoms. The van der Waals surface area contributed by atoms with Gasteiger partial charge in [0.25, 0.3) is 0 Å². The van der Waals surface area contributed by atoms with Crippen LogP contribution in [0.5, 0.6) is 11.6 Å². The molecule has 0 aliphatic heterocycles. The van der Waals surface area contributed by atoms with Crippen LogP contribution >= 0.6 is 0 Å². The van der Waals surface area contributed by atoms with Gasteiger partial charge < -0.3 is 9.84 Å². The second kappa shape index (κ2) is 5.54. The van der Waals surface area contributed by atoms with Crippen LogP contribution in [0.1, 0.15) is 16.7 Å². The van der Waals surface area contributed by atoms with Crippen molar-refractivity contribution >= 4 is 10.9 Å². The van der Waals surface area contributed by atoms with E-state index in [1.807, 2.05) is 50.2 Å². The molecule has 0 saturated heterocycles. The predicted molar refractivity (Wildman–Crippen MR) is 83.7 cm³/mol. The minimum absolute atomic E-state index is 0.0355. The number of hydrogen-bond acceptors (Lipinski definition) is 3. The standard InChI is InChI=1S/C18H17NO2/c1-12-7-13(2)9-15(8-12)21-18-10-14(11-20)16-5-3-4-6-17(16)19-18/h3-10,20H,11H2,1-2H3. The molecular weight excluding hydrogens is 262 g/mol. The second-order valence-corrected chi connectivity index (χ2v) is 5.22. The number of pyridine rings is 1. The molecule has 0 bridgehead atoms. The van der Waals surface area contributed by atoms with Gasteiger partial charge in [0.05, 0.1) is 12.1 Å². The molecular formula is C18H17NO2.